The summed E-state index contributed by atoms with van der Waals surface area (Å²) in [5.74, 6) is 1.68. The van der Waals surface area contributed by atoms with Crippen LogP contribution in [0.5, 0.6) is 0 Å². The van der Waals surface area contributed by atoms with Gasteiger partial charge in [-0.2, -0.15) is 0 Å². The molecule has 2 aliphatic heterocycles. The summed E-state index contributed by atoms with van der Waals surface area (Å²) in [5.41, 5.74) is 13.4. The first-order chi connectivity index (χ1) is 12.1. The average molecular weight is 331 g/mol. The summed E-state index contributed by atoms with van der Waals surface area (Å²) in [6, 6.07) is 15.5. The first kappa shape index (κ1) is 16.1. The van der Waals surface area contributed by atoms with Gasteiger partial charge in [0.05, 0.1) is 12.3 Å². The quantitative estimate of drug-likeness (QED) is 0.927. The van der Waals surface area contributed by atoms with Gasteiger partial charge in [-0.1, -0.05) is 42.5 Å². The fraction of sp³-hybridized carbons (Fsp3) is 0.318. The summed E-state index contributed by atoms with van der Waals surface area (Å²) in [6.07, 6.45) is 3.28. The minimum absolute atomic E-state index is 0.561. The summed E-state index contributed by atoms with van der Waals surface area (Å²) in [5, 5.41) is 0. The van der Waals surface area contributed by atoms with Gasteiger partial charge < -0.3 is 10.6 Å². The van der Waals surface area contributed by atoms with Crippen LogP contribution in [0.2, 0.25) is 0 Å². The molecule has 25 heavy (non-hydrogen) atoms. The molecule has 0 radical (unpaired) electrons. The van der Waals surface area contributed by atoms with Crippen LogP contribution in [0.4, 0.5) is 0 Å². The minimum atomic E-state index is 0.561. The number of rotatable bonds is 3. The summed E-state index contributed by atoms with van der Waals surface area (Å²) < 4.78 is 0. The summed E-state index contributed by atoms with van der Waals surface area (Å²) >= 11 is 0. The van der Waals surface area contributed by atoms with E-state index in [9.17, 15) is 0 Å². The van der Waals surface area contributed by atoms with Crippen LogP contribution in [0.3, 0.4) is 0 Å². The van der Waals surface area contributed by atoms with E-state index in [4.69, 9.17) is 10.7 Å². The van der Waals surface area contributed by atoms with E-state index < -0.39 is 0 Å². The largest absolute Gasteiger partial charge is 0.351 e. The maximum Gasteiger partial charge on any atom is 0.125 e. The van der Waals surface area contributed by atoms with Gasteiger partial charge in [-0.25, -0.2) is 4.99 Å². The highest BCUT2D eigenvalue weighted by molar-refractivity contribution is 6.04. The molecule has 0 saturated carbocycles. The van der Waals surface area contributed by atoms with Crippen molar-refractivity contribution in [2.45, 2.75) is 20.3 Å². The second-order valence-corrected chi connectivity index (χ2v) is 7.22. The molecule has 1 atom stereocenters. The predicted molar refractivity (Wildman–Crippen MR) is 105 cm³/mol. The molecule has 0 amide bonds. The lowest BCUT2D eigenvalue weighted by atomic mass is 9.98. The Balaban J connectivity index is 1.54. The van der Waals surface area contributed by atoms with Crippen molar-refractivity contribution in [2.75, 3.05) is 19.6 Å². The minimum Gasteiger partial charge on any atom is -0.351 e. The highest BCUT2D eigenvalue weighted by Crippen LogP contribution is 2.27. The van der Waals surface area contributed by atoms with Crippen LogP contribution in [-0.2, 0) is 0 Å². The van der Waals surface area contributed by atoms with Crippen LogP contribution in [0, 0.1) is 19.8 Å². The van der Waals surface area contributed by atoms with Crippen LogP contribution < -0.4 is 5.73 Å². The number of hydrogen-bond acceptors (Lipinski definition) is 3. The Bertz CT molecular complexity index is 846. The number of fused-ring (bicyclic) bond motifs is 1. The normalized spacial score (nSPS) is 19.5. The van der Waals surface area contributed by atoms with Crippen molar-refractivity contribution < 1.29 is 0 Å². The number of benzene rings is 2. The second kappa shape index (κ2) is 6.49. The number of nitrogens with zero attached hydrogens (tertiary/aromatic N) is 2. The van der Waals surface area contributed by atoms with Crippen LogP contribution >= 0.6 is 0 Å². The standard InChI is InChI=1S/C22H25N3/c1-15-3-5-20(11-16(15)2)18-6-8-19(9-7-18)21-14-25-13-17(12-23)4-10-22(25)24-21/h3,5-11,17H,4,12-14,23H2,1-2H3. The number of aryl methyl sites for hydroxylation is 2. The van der Waals surface area contributed by atoms with E-state index in [0.29, 0.717) is 5.92 Å². The maximum absolute atomic E-state index is 5.83. The number of hydrogen-bond donors (Lipinski definition) is 1. The fourth-order valence-corrected chi connectivity index (χ4v) is 3.60. The topological polar surface area (TPSA) is 41.6 Å². The molecule has 2 N–H and O–H groups in total. The maximum atomic E-state index is 5.83. The molecular formula is C22H25N3. The molecule has 4 rings (SSSR count). The third kappa shape index (κ3) is 3.12. The van der Waals surface area contributed by atoms with Crippen LogP contribution in [0.15, 0.2) is 59.4 Å². The van der Waals surface area contributed by atoms with Crippen LogP contribution in [0.25, 0.3) is 11.1 Å². The fourth-order valence-electron chi connectivity index (χ4n) is 3.60. The van der Waals surface area contributed by atoms with E-state index in [1.165, 1.54) is 27.8 Å². The van der Waals surface area contributed by atoms with Gasteiger partial charge in [0, 0.05) is 6.54 Å². The Hall–Kier alpha value is -2.39. The van der Waals surface area contributed by atoms with E-state index in [-0.39, 0.29) is 0 Å². The molecule has 0 fully saturated rings. The number of allylic oxidation sites excluding steroid dienone is 1. The number of aliphatic imine (C=N–C) groups is 1. The van der Waals surface area contributed by atoms with Crippen molar-refractivity contribution in [1.82, 2.24) is 4.90 Å². The van der Waals surface area contributed by atoms with Crippen LogP contribution in [-0.4, -0.2) is 30.2 Å². The number of nitrogens with two attached hydrogens (primary N) is 1. The van der Waals surface area contributed by atoms with Crippen molar-refractivity contribution in [3.63, 3.8) is 0 Å². The molecule has 128 valence electrons. The molecule has 0 spiro atoms. The zero-order chi connectivity index (χ0) is 17.4. The zero-order valence-electron chi connectivity index (χ0n) is 15.0. The van der Waals surface area contributed by atoms with Gasteiger partial charge in [-0.05, 0) is 66.6 Å². The molecule has 2 aromatic rings. The summed E-state index contributed by atoms with van der Waals surface area (Å²) in [4.78, 5) is 7.19. The van der Waals surface area contributed by atoms with E-state index in [0.717, 1.165) is 37.6 Å². The molecular weight excluding hydrogens is 306 g/mol. The SMILES string of the molecule is Cc1ccc(-c2ccc(C3=NC4=CCC(CN)CN4C3)cc2)cc1C. The van der Waals surface area contributed by atoms with Gasteiger partial charge in [0.15, 0.2) is 0 Å². The van der Waals surface area contributed by atoms with Gasteiger partial charge in [0.2, 0.25) is 0 Å². The first-order valence-electron chi connectivity index (χ1n) is 9.05. The lowest BCUT2D eigenvalue weighted by molar-refractivity contribution is 0.305. The lowest BCUT2D eigenvalue weighted by Crippen LogP contribution is -2.34. The van der Waals surface area contributed by atoms with E-state index in [1.54, 1.807) is 0 Å². The molecule has 2 aromatic carbocycles. The van der Waals surface area contributed by atoms with Gasteiger partial charge >= 0.3 is 0 Å². The molecule has 0 aliphatic carbocycles. The van der Waals surface area contributed by atoms with Gasteiger partial charge in [-0.15, -0.1) is 0 Å². The van der Waals surface area contributed by atoms with E-state index in [1.807, 2.05) is 0 Å². The average Bonchev–Trinajstić information content (AvgIpc) is 3.07. The van der Waals surface area contributed by atoms with Crippen molar-refractivity contribution in [3.05, 3.63) is 71.1 Å². The van der Waals surface area contributed by atoms with E-state index in [2.05, 4.69) is 67.3 Å². The van der Waals surface area contributed by atoms with Gasteiger partial charge in [-0.3, -0.25) is 0 Å². The van der Waals surface area contributed by atoms with Gasteiger partial charge in [0.1, 0.15) is 5.82 Å². The van der Waals surface area contributed by atoms with Crippen molar-refractivity contribution in [2.24, 2.45) is 16.6 Å². The van der Waals surface area contributed by atoms with Crippen LogP contribution in [0.1, 0.15) is 23.1 Å². The Morgan fingerprint density at radius 1 is 1.00 bits per heavy atom. The molecule has 2 heterocycles. The van der Waals surface area contributed by atoms with Crippen molar-refractivity contribution >= 4 is 5.71 Å². The monoisotopic (exact) mass is 331 g/mol. The third-order valence-electron chi connectivity index (χ3n) is 5.42. The Morgan fingerprint density at radius 3 is 2.44 bits per heavy atom. The lowest BCUT2D eigenvalue weighted by Gasteiger charge is -2.28. The molecule has 2 aliphatic rings. The predicted octanol–water partition coefficient (Wildman–Crippen LogP) is 3.90. The Kier molecular flexibility index (Phi) is 4.18. The Morgan fingerprint density at radius 2 is 1.72 bits per heavy atom. The highest BCUT2D eigenvalue weighted by Gasteiger charge is 2.26. The van der Waals surface area contributed by atoms with Crippen molar-refractivity contribution in [3.8, 4) is 11.1 Å². The highest BCUT2D eigenvalue weighted by atomic mass is 15.3. The molecule has 0 bridgehead atoms. The first-order valence-corrected chi connectivity index (χ1v) is 9.05. The zero-order valence-corrected chi connectivity index (χ0v) is 15.0. The second-order valence-electron chi connectivity index (χ2n) is 7.22. The van der Waals surface area contributed by atoms with Crippen molar-refractivity contribution in [1.29, 1.82) is 0 Å². The van der Waals surface area contributed by atoms with Gasteiger partial charge in [0.25, 0.3) is 0 Å². The molecule has 0 aromatic heterocycles. The molecule has 3 nitrogen and oxygen atoms in total. The third-order valence-corrected chi connectivity index (χ3v) is 5.42. The molecule has 0 saturated heterocycles. The smallest absolute Gasteiger partial charge is 0.125 e. The molecule has 1 unspecified atom stereocenters. The summed E-state index contributed by atoms with van der Waals surface area (Å²) in [6.45, 7) is 6.99. The van der Waals surface area contributed by atoms with E-state index >= 15 is 0 Å². The Labute approximate surface area is 149 Å². The molecule has 3 heteroatoms. The summed E-state index contributed by atoms with van der Waals surface area (Å²) in [7, 11) is 0.